The maximum Gasteiger partial charge on any atom is 0.225 e. The molecule has 0 saturated heterocycles. The molecule has 0 atom stereocenters. The van der Waals surface area contributed by atoms with Crippen molar-refractivity contribution < 1.29 is 13.6 Å². The summed E-state index contributed by atoms with van der Waals surface area (Å²) < 4.78 is 29.7. The second-order valence-corrected chi connectivity index (χ2v) is 8.20. The molecule has 182 valence electrons. The molecule has 9 heteroatoms. The number of halogens is 2. The van der Waals surface area contributed by atoms with Crippen LogP contribution >= 0.6 is 0 Å². The summed E-state index contributed by atoms with van der Waals surface area (Å²) in [5.41, 5.74) is 2.67. The highest BCUT2D eigenvalue weighted by Crippen LogP contribution is 2.39. The van der Waals surface area contributed by atoms with Crippen LogP contribution in [0.4, 0.5) is 20.5 Å². The van der Waals surface area contributed by atoms with Gasteiger partial charge in [-0.15, -0.1) is 6.42 Å². The highest BCUT2D eigenvalue weighted by molar-refractivity contribution is 5.82. The molecule has 2 heterocycles. The number of aryl methyl sites for hydroxylation is 1. The second kappa shape index (κ2) is 10.9. The fraction of sp³-hybridized carbons (Fsp3) is 0.269. The van der Waals surface area contributed by atoms with Crippen molar-refractivity contribution in [2.45, 2.75) is 20.4 Å². The Kier molecular flexibility index (Phi) is 7.99. The Hall–Kier alpha value is -4.03. The van der Waals surface area contributed by atoms with Crippen molar-refractivity contribution in [2.75, 3.05) is 37.4 Å². The molecule has 0 fully saturated rings. The van der Waals surface area contributed by atoms with Crippen molar-refractivity contribution >= 4 is 18.1 Å². The van der Waals surface area contributed by atoms with Crippen molar-refractivity contribution in [2.24, 2.45) is 0 Å². The van der Waals surface area contributed by atoms with Crippen LogP contribution in [0.15, 0.2) is 54.0 Å². The van der Waals surface area contributed by atoms with Crippen molar-refractivity contribution in [1.29, 1.82) is 0 Å². The van der Waals surface area contributed by atoms with E-state index in [2.05, 4.69) is 22.2 Å². The van der Waals surface area contributed by atoms with Crippen LogP contribution in [0.5, 0.6) is 0 Å². The molecule has 1 aromatic carbocycles. The van der Waals surface area contributed by atoms with Gasteiger partial charge in [-0.3, -0.25) is 9.69 Å². The van der Waals surface area contributed by atoms with Crippen molar-refractivity contribution in [3.63, 3.8) is 0 Å². The number of carbonyl (C=O) groups excluding carboxylic acids is 1. The maximum atomic E-state index is 14.9. The average molecular weight is 479 g/mol. The second-order valence-electron chi connectivity index (χ2n) is 8.20. The number of likely N-dealkylation sites (N-methyl/N-ethyl adjacent to an activating group) is 1. The normalized spacial score (nSPS) is 14.2. The van der Waals surface area contributed by atoms with E-state index in [0.717, 1.165) is 17.9 Å². The summed E-state index contributed by atoms with van der Waals surface area (Å²) in [6.07, 6.45) is 7.17. The standard InChI is InChI=1S/C26H28F2N6O/c1-7-21(27)24(22(28)8-2)34-17(4)30-14-20-23(19-13-18(15-35)10-9-16(19)3)31-26(32-25(20)34)29-11-12-33(5)6/h1,8-10,13,15,30H,4,11-12,14H2,2-3,5-6H3,(H,29,31,32)/b22-8+,24-21-. The van der Waals surface area contributed by atoms with E-state index >= 15 is 0 Å². The minimum absolute atomic E-state index is 0.206. The first-order valence-corrected chi connectivity index (χ1v) is 11.0. The Labute approximate surface area is 204 Å². The number of aldehydes is 1. The number of carbonyl (C=O) groups is 1. The topological polar surface area (TPSA) is 73.4 Å². The third-order valence-electron chi connectivity index (χ3n) is 5.47. The van der Waals surface area contributed by atoms with Crippen LogP contribution < -0.4 is 15.5 Å². The molecule has 1 aliphatic rings. The lowest BCUT2D eigenvalue weighted by molar-refractivity contribution is 0.112. The van der Waals surface area contributed by atoms with Gasteiger partial charge >= 0.3 is 0 Å². The molecule has 0 aliphatic carbocycles. The third-order valence-corrected chi connectivity index (χ3v) is 5.47. The van der Waals surface area contributed by atoms with Crippen molar-refractivity contribution in [3.8, 4) is 23.6 Å². The molecule has 0 bridgehead atoms. The number of fused-ring (bicyclic) bond motifs is 1. The summed E-state index contributed by atoms with van der Waals surface area (Å²) in [4.78, 5) is 24.0. The summed E-state index contributed by atoms with van der Waals surface area (Å²) in [7, 11) is 3.87. The zero-order valence-corrected chi connectivity index (χ0v) is 20.2. The van der Waals surface area contributed by atoms with Gasteiger partial charge in [0.25, 0.3) is 0 Å². The average Bonchev–Trinajstić information content (AvgIpc) is 2.84. The van der Waals surface area contributed by atoms with Crippen molar-refractivity contribution in [1.82, 2.24) is 20.2 Å². The minimum atomic E-state index is -1.10. The fourth-order valence-corrected chi connectivity index (χ4v) is 3.63. The summed E-state index contributed by atoms with van der Waals surface area (Å²) in [6, 6.07) is 5.27. The molecule has 0 unspecified atom stereocenters. The number of hydrogen-bond donors (Lipinski definition) is 2. The number of terminal acetylenes is 1. The van der Waals surface area contributed by atoms with E-state index in [9.17, 15) is 13.6 Å². The molecule has 2 N–H and O–H groups in total. The van der Waals surface area contributed by atoms with Gasteiger partial charge in [-0.2, -0.15) is 9.37 Å². The van der Waals surface area contributed by atoms with Gasteiger partial charge in [0.2, 0.25) is 5.95 Å². The van der Waals surface area contributed by atoms with E-state index in [1.165, 1.54) is 11.8 Å². The van der Waals surface area contributed by atoms with Crippen LogP contribution in [-0.2, 0) is 6.54 Å². The zero-order valence-electron chi connectivity index (χ0n) is 20.2. The minimum Gasteiger partial charge on any atom is -0.367 e. The highest BCUT2D eigenvalue weighted by Gasteiger charge is 2.32. The predicted molar refractivity (Wildman–Crippen MR) is 135 cm³/mol. The Morgan fingerprint density at radius 2 is 2.11 bits per heavy atom. The number of rotatable bonds is 8. The molecule has 35 heavy (non-hydrogen) atoms. The first-order chi connectivity index (χ1) is 16.7. The SMILES string of the molecule is C#C/C(F)=C(\C(F)=C/C)N1C(=C)NCc2c(-c3cc(C=O)ccc3C)nc(NCCN(C)C)nc21. The van der Waals surface area contributed by atoms with Crippen LogP contribution in [0.3, 0.4) is 0 Å². The van der Waals surface area contributed by atoms with E-state index in [-0.39, 0.29) is 24.1 Å². The molecule has 0 spiro atoms. The van der Waals surface area contributed by atoms with Crippen molar-refractivity contribution in [3.05, 3.63) is 70.7 Å². The van der Waals surface area contributed by atoms with Crippen LogP contribution in [0, 0.1) is 19.3 Å². The van der Waals surface area contributed by atoms with Gasteiger partial charge in [0.1, 0.15) is 29.4 Å². The Balaban J connectivity index is 2.31. The van der Waals surface area contributed by atoms with Crippen LogP contribution in [-0.4, -0.2) is 48.3 Å². The molecule has 0 saturated carbocycles. The van der Waals surface area contributed by atoms with E-state index in [0.29, 0.717) is 35.5 Å². The van der Waals surface area contributed by atoms with E-state index < -0.39 is 17.4 Å². The number of anilines is 2. The van der Waals surface area contributed by atoms with Gasteiger partial charge in [-0.1, -0.05) is 18.7 Å². The molecular weight excluding hydrogens is 450 g/mol. The quantitative estimate of drug-likeness (QED) is 0.333. The Bertz CT molecular complexity index is 1260. The summed E-state index contributed by atoms with van der Waals surface area (Å²) in [6.45, 7) is 8.75. The lowest BCUT2D eigenvalue weighted by Gasteiger charge is -2.34. The lowest BCUT2D eigenvalue weighted by Crippen LogP contribution is -2.38. The van der Waals surface area contributed by atoms with E-state index in [1.807, 2.05) is 37.9 Å². The third kappa shape index (κ3) is 5.39. The molecule has 0 amide bonds. The predicted octanol–water partition coefficient (Wildman–Crippen LogP) is 4.31. The number of nitrogens with zero attached hydrogens (tertiary/aromatic N) is 4. The van der Waals surface area contributed by atoms with E-state index in [4.69, 9.17) is 11.4 Å². The summed E-state index contributed by atoms with van der Waals surface area (Å²) in [5, 5.41) is 6.23. The number of hydrogen-bond acceptors (Lipinski definition) is 7. The van der Waals surface area contributed by atoms with Gasteiger partial charge in [0.15, 0.2) is 5.83 Å². The molecule has 1 aliphatic heterocycles. The molecule has 7 nitrogen and oxygen atoms in total. The molecule has 0 radical (unpaired) electrons. The number of aromatic nitrogens is 2. The first kappa shape index (κ1) is 25.6. The number of nitrogens with one attached hydrogen (secondary N) is 2. The number of allylic oxidation sites excluding steroid dienone is 3. The number of benzene rings is 1. The Morgan fingerprint density at radius 1 is 1.37 bits per heavy atom. The van der Waals surface area contributed by atoms with Gasteiger partial charge in [-0.25, -0.2) is 9.37 Å². The van der Waals surface area contributed by atoms with Gasteiger partial charge in [0.05, 0.1) is 5.69 Å². The summed E-state index contributed by atoms with van der Waals surface area (Å²) in [5.74, 6) is 0.619. The largest absolute Gasteiger partial charge is 0.367 e. The zero-order chi connectivity index (χ0) is 25.7. The lowest BCUT2D eigenvalue weighted by atomic mass is 9.98. The highest BCUT2D eigenvalue weighted by atomic mass is 19.1. The van der Waals surface area contributed by atoms with Crippen LogP contribution in [0.1, 0.15) is 28.4 Å². The molecule has 1 aromatic heterocycles. The molecular formula is C26H28F2N6O. The first-order valence-electron chi connectivity index (χ1n) is 11.0. The molecule has 3 rings (SSSR count). The van der Waals surface area contributed by atoms with Gasteiger partial charge in [0, 0.05) is 36.3 Å². The maximum absolute atomic E-state index is 14.9. The van der Waals surface area contributed by atoms with Crippen LogP contribution in [0.25, 0.3) is 11.3 Å². The smallest absolute Gasteiger partial charge is 0.225 e. The van der Waals surface area contributed by atoms with Gasteiger partial charge < -0.3 is 15.5 Å². The fourth-order valence-electron chi connectivity index (χ4n) is 3.63. The van der Waals surface area contributed by atoms with Crippen LogP contribution in [0.2, 0.25) is 0 Å². The summed E-state index contributed by atoms with van der Waals surface area (Å²) >= 11 is 0. The molecule has 2 aromatic rings. The Morgan fingerprint density at radius 3 is 2.74 bits per heavy atom. The van der Waals surface area contributed by atoms with E-state index in [1.54, 1.807) is 12.1 Å². The van der Waals surface area contributed by atoms with Gasteiger partial charge in [-0.05, 0) is 51.6 Å². The monoisotopic (exact) mass is 478 g/mol.